The minimum atomic E-state index is -1.05. The lowest BCUT2D eigenvalue weighted by Crippen LogP contribution is -2.58. The zero-order chi connectivity index (χ0) is 16.6. The minimum absolute atomic E-state index is 0.0127. The third-order valence-corrected chi connectivity index (χ3v) is 5.42. The Bertz CT molecular complexity index is 629. The molecule has 3 atom stereocenters. The number of benzene rings is 1. The van der Waals surface area contributed by atoms with Gasteiger partial charge in [-0.3, -0.25) is 14.5 Å². The highest BCUT2D eigenvalue weighted by molar-refractivity contribution is 6.05. The first-order valence-corrected chi connectivity index (χ1v) is 8.01. The molecule has 0 amide bonds. The normalized spacial score (nSPS) is 30.3. The lowest BCUT2D eigenvalue weighted by Gasteiger charge is -2.43. The third kappa shape index (κ3) is 2.53. The molecular formula is C18H23NO4. The fourth-order valence-electron chi connectivity index (χ4n) is 4.07. The number of methoxy groups -OCH3 is 2. The van der Waals surface area contributed by atoms with Crippen molar-refractivity contribution in [2.24, 2.45) is 5.41 Å². The van der Waals surface area contributed by atoms with Crippen molar-refractivity contribution >= 4 is 11.8 Å². The topological polar surface area (TPSA) is 55.8 Å². The molecule has 3 rings (SSSR count). The molecule has 2 heterocycles. The van der Waals surface area contributed by atoms with E-state index in [2.05, 4.69) is 4.90 Å². The van der Waals surface area contributed by atoms with E-state index >= 15 is 0 Å². The lowest BCUT2D eigenvalue weighted by atomic mass is 9.74. The van der Waals surface area contributed by atoms with E-state index < -0.39 is 11.4 Å². The van der Waals surface area contributed by atoms with Crippen LogP contribution in [0.3, 0.4) is 0 Å². The lowest BCUT2D eigenvalue weighted by molar-refractivity contribution is -0.165. The largest absolute Gasteiger partial charge is 0.497 e. The molecule has 0 spiro atoms. The molecule has 1 aromatic carbocycles. The Balaban J connectivity index is 1.88. The fraction of sp³-hybridized carbons (Fsp3) is 0.556. The average Bonchev–Trinajstić information content (AvgIpc) is 2.89. The van der Waals surface area contributed by atoms with Gasteiger partial charge >= 0.3 is 5.97 Å². The van der Waals surface area contributed by atoms with Crippen molar-refractivity contribution in [3.8, 4) is 5.75 Å². The molecule has 1 aromatic rings. The van der Waals surface area contributed by atoms with E-state index in [0.29, 0.717) is 13.0 Å². The molecule has 2 saturated heterocycles. The number of piperidine rings is 1. The van der Waals surface area contributed by atoms with E-state index in [1.54, 1.807) is 14.0 Å². The van der Waals surface area contributed by atoms with Crippen molar-refractivity contribution in [2.75, 3.05) is 14.2 Å². The van der Waals surface area contributed by atoms with Crippen LogP contribution < -0.4 is 4.74 Å². The highest BCUT2D eigenvalue weighted by atomic mass is 16.5. The van der Waals surface area contributed by atoms with Gasteiger partial charge in [0.2, 0.25) is 0 Å². The van der Waals surface area contributed by atoms with E-state index in [9.17, 15) is 9.59 Å². The van der Waals surface area contributed by atoms with Gasteiger partial charge in [0, 0.05) is 25.0 Å². The number of hydrogen-bond donors (Lipinski definition) is 0. The number of ketones is 1. The van der Waals surface area contributed by atoms with E-state index in [1.165, 1.54) is 7.11 Å². The minimum Gasteiger partial charge on any atom is -0.497 e. The standard InChI is InChI=1S/C18H23NO4/c1-18(17(21)23-3)15-8-7-13(10-16(18)20)19(15)11-12-5-4-6-14(9-12)22-2/h4-6,9,13,15H,7-8,10-11H2,1-3H3/t13-,15+,18-/m1/s1. The van der Waals surface area contributed by atoms with E-state index in [4.69, 9.17) is 9.47 Å². The first-order chi connectivity index (χ1) is 11.0. The molecule has 0 saturated carbocycles. The van der Waals surface area contributed by atoms with Crippen molar-refractivity contribution in [1.82, 2.24) is 4.90 Å². The maximum Gasteiger partial charge on any atom is 0.320 e. The molecule has 0 N–H and O–H groups in total. The summed E-state index contributed by atoms with van der Waals surface area (Å²) in [7, 11) is 3.00. The zero-order valence-electron chi connectivity index (χ0n) is 13.9. The summed E-state index contributed by atoms with van der Waals surface area (Å²) in [6.07, 6.45) is 2.23. The quantitative estimate of drug-likeness (QED) is 0.629. The number of carbonyl (C=O) groups is 2. The van der Waals surface area contributed by atoms with Crippen LogP contribution in [-0.2, 0) is 20.9 Å². The van der Waals surface area contributed by atoms with Crippen LogP contribution in [0.2, 0.25) is 0 Å². The molecule has 0 radical (unpaired) electrons. The van der Waals surface area contributed by atoms with Crippen molar-refractivity contribution < 1.29 is 19.1 Å². The second kappa shape index (κ2) is 5.96. The summed E-state index contributed by atoms with van der Waals surface area (Å²) in [6, 6.07) is 8.06. The highest BCUT2D eigenvalue weighted by Gasteiger charge is 2.58. The number of Topliss-reactive ketones (excluding diaryl/α,β-unsaturated/α-hetero) is 1. The monoisotopic (exact) mass is 317 g/mol. The second-order valence-corrected chi connectivity index (χ2v) is 6.59. The van der Waals surface area contributed by atoms with Crippen molar-refractivity contribution in [3.05, 3.63) is 29.8 Å². The molecule has 2 bridgehead atoms. The fourth-order valence-corrected chi connectivity index (χ4v) is 4.07. The second-order valence-electron chi connectivity index (χ2n) is 6.59. The number of fused-ring (bicyclic) bond motifs is 2. The summed E-state index contributed by atoms with van der Waals surface area (Å²) >= 11 is 0. The van der Waals surface area contributed by atoms with Crippen LogP contribution in [0.25, 0.3) is 0 Å². The van der Waals surface area contributed by atoms with Gasteiger partial charge in [-0.1, -0.05) is 12.1 Å². The number of nitrogens with zero attached hydrogens (tertiary/aromatic N) is 1. The first-order valence-electron chi connectivity index (χ1n) is 8.01. The number of ether oxygens (including phenoxy) is 2. The van der Waals surface area contributed by atoms with Crippen LogP contribution in [0.4, 0.5) is 0 Å². The van der Waals surface area contributed by atoms with Gasteiger partial charge in [0.25, 0.3) is 0 Å². The number of esters is 1. The summed E-state index contributed by atoms with van der Waals surface area (Å²) in [6.45, 7) is 2.46. The van der Waals surface area contributed by atoms with Gasteiger partial charge in [0.15, 0.2) is 5.78 Å². The van der Waals surface area contributed by atoms with Crippen molar-refractivity contribution in [3.63, 3.8) is 0 Å². The van der Waals surface area contributed by atoms with Gasteiger partial charge in [-0.2, -0.15) is 0 Å². The van der Waals surface area contributed by atoms with Crippen LogP contribution in [0.5, 0.6) is 5.75 Å². The summed E-state index contributed by atoms with van der Waals surface area (Å²) in [5.41, 5.74) is 0.0727. The Morgan fingerprint density at radius 3 is 2.83 bits per heavy atom. The Hall–Kier alpha value is -1.88. The molecule has 2 aliphatic heterocycles. The Kier molecular flexibility index (Phi) is 4.15. The van der Waals surface area contributed by atoms with Gasteiger partial charge < -0.3 is 9.47 Å². The number of carbonyl (C=O) groups excluding carboxylic acids is 2. The first kappa shape index (κ1) is 16.0. The van der Waals surface area contributed by atoms with Gasteiger partial charge in [-0.05, 0) is 37.5 Å². The SMILES string of the molecule is COC(=O)[C@@]1(C)C(=O)C[C@H]2CC[C@@H]1N2Cc1cccc(OC)c1. The molecule has 0 aromatic heterocycles. The van der Waals surface area contributed by atoms with Crippen LogP contribution in [0, 0.1) is 5.41 Å². The van der Waals surface area contributed by atoms with Crippen LogP contribution in [0.15, 0.2) is 24.3 Å². The highest BCUT2D eigenvalue weighted by Crippen LogP contribution is 2.45. The molecule has 0 aliphatic carbocycles. The van der Waals surface area contributed by atoms with Crippen LogP contribution >= 0.6 is 0 Å². The molecular weight excluding hydrogens is 294 g/mol. The predicted molar refractivity (Wildman–Crippen MR) is 85.1 cm³/mol. The maximum absolute atomic E-state index is 12.5. The van der Waals surface area contributed by atoms with E-state index in [1.807, 2.05) is 24.3 Å². The third-order valence-electron chi connectivity index (χ3n) is 5.42. The molecule has 2 fully saturated rings. The van der Waals surface area contributed by atoms with Gasteiger partial charge in [0.05, 0.1) is 14.2 Å². The molecule has 2 aliphatic rings. The molecule has 124 valence electrons. The predicted octanol–water partition coefficient (Wildman–Crippen LogP) is 2.18. The molecule has 0 unspecified atom stereocenters. The molecule has 5 heteroatoms. The Morgan fingerprint density at radius 1 is 1.35 bits per heavy atom. The Morgan fingerprint density at radius 2 is 2.13 bits per heavy atom. The average molecular weight is 317 g/mol. The Labute approximate surface area is 136 Å². The summed E-state index contributed by atoms with van der Waals surface area (Å²) in [5.74, 6) is 0.417. The van der Waals surface area contributed by atoms with Gasteiger partial charge in [0.1, 0.15) is 11.2 Å². The number of rotatable bonds is 4. The summed E-state index contributed by atoms with van der Waals surface area (Å²) in [4.78, 5) is 27.1. The van der Waals surface area contributed by atoms with E-state index in [0.717, 1.165) is 24.2 Å². The summed E-state index contributed by atoms with van der Waals surface area (Å²) in [5, 5.41) is 0. The van der Waals surface area contributed by atoms with Crippen LogP contribution in [0.1, 0.15) is 31.7 Å². The van der Waals surface area contributed by atoms with Crippen molar-refractivity contribution in [1.29, 1.82) is 0 Å². The zero-order valence-corrected chi connectivity index (χ0v) is 13.9. The van der Waals surface area contributed by atoms with Gasteiger partial charge in [-0.15, -0.1) is 0 Å². The van der Waals surface area contributed by atoms with Gasteiger partial charge in [-0.25, -0.2) is 0 Å². The maximum atomic E-state index is 12.5. The number of hydrogen-bond acceptors (Lipinski definition) is 5. The van der Waals surface area contributed by atoms with Crippen molar-refractivity contribution in [2.45, 2.75) is 44.8 Å². The smallest absolute Gasteiger partial charge is 0.320 e. The summed E-state index contributed by atoms with van der Waals surface area (Å²) < 4.78 is 10.2. The van der Waals surface area contributed by atoms with E-state index in [-0.39, 0.29) is 17.9 Å². The molecule has 23 heavy (non-hydrogen) atoms. The van der Waals surface area contributed by atoms with Crippen LogP contribution in [-0.4, -0.2) is 43.0 Å². The molecule has 5 nitrogen and oxygen atoms in total.